The van der Waals surface area contributed by atoms with Gasteiger partial charge in [0.1, 0.15) is 11.9 Å². The fourth-order valence-corrected chi connectivity index (χ4v) is 2.54. The van der Waals surface area contributed by atoms with Crippen molar-refractivity contribution in [2.24, 2.45) is 0 Å². The first-order chi connectivity index (χ1) is 10.2. The van der Waals surface area contributed by atoms with Gasteiger partial charge in [0, 0.05) is 17.7 Å². The smallest absolute Gasteiger partial charge is 0.254 e. The third-order valence-electron chi connectivity index (χ3n) is 3.47. The van der Waals surface area contributed by atoms with E-state index < -0.39 is 0 Å². The maximum absolute atomic E-state index is 12.1. The van der Waals surface area contributed by atoms with Gasteiger partial charge in [0.25, 0.3) is 5.91 Å². The van der Waals surface area contributed by atoms with Gasteiger partial charge < -0.3 is 10.1 Å². The molecule has 2 aromatic rings. The van der Waals surface area contributed by atoms with Gasteiger partial charge in [-0.15, -0.1) is 0 Å². The summed E-state index contributed by atoms with van der Waals surface area (Å²) in [6.45, 7) is 1.16. The van der Waals surface area contributed by atoms with Gasteiger partial charge in [0.2, 0.25) is 0 Å². The second-order valence-corrected chi connectivity index (χ2v) is 5.36. The van der Waals surface area contributed by atoms with E-state index in [0.29, 0.717) is 24.0 Å². The van der Waals surface area contributed by atoms with Gasteiger partial charge in [-0.1, -0.05) is 29.8 Å². The number of ether oxygens (including phenoxy) is 1. The largest absolute Gasteiger partial charge is 0.368 e. The minimum Gasteiger partial charge on any atom is -0.368 e. The molecule has 2 heterocycles. The number of hydrogen-bond acceptors (Lipinski definition) is 3. The number of amides is 1. The fourth-order valence-electron chi connectivity index (χ4n) is 2.34. The third kappa shape index (κ3) is 3.25. The molecule has 0 unspecified atom stereocenters. The highest BCUT2D eigenvalue weighted by atomic mass is 35.5. The molecule has 0 aliphatic carbocycles. The minimum atomic E-state index is -0.353. The summed E-state index contributed by atoms with van der Waals surface area (Å²) in [4.78, 5) is 12.1. The Hall–Kier alpha value is -1.85. The zero-order valence-electron chi connectivity index (χ0n) is 11.5. The predicted octanol–water partition coefficient (Wildman–Crippen LogP) is 2.70. The Labute approximate surface area is 127 Å². The van der Waals surface area contributed by atoms with Crippen LogP contribution in [0.25, 0.3) is 0 Å². The molecule has 0 bridgehead atoms. The topological polar surface area (TPSA) is 56.2 Å². The van der Waals surface area contributed by atoms with E-state index in [1.807, 2.05) is 24.3 Å². The second-order valence-electron chi connectivity index (χ2n) is 4.96. The van der Waals surface area contributed by atoms with Crippen molar-refractivity contribution in [2.75, 3.05) is 11.9 Å². The summed E-state index contributed by atoms with van der Waals surface area (Å²) >= 11 is 6.15. The number of aromatic nitrogens is 2. The Morgan fingerprint density at radius 2 is 2.29 bits per heavy atom. The van der Waals surface area contributed by atoms with Crippen molar-refractivity contribution in [1.29, 1.82) is 0 Å². The molecule has 6 heteroatoms. The van der Waals surface area contributed by atoms with Gasteiger partial charge >= 0.3 is 0 Å². The number of carbonyl (C=O) groups is 1. The number of halogens is 1. The minimum absolute atomic E-state index is 0.117. The Balaban J connectivity index is 1.72. The molecule has 110 valence electrons. The van der Waals surface area contributed by atoms with Crippen LogP contribution in [0.2, 0.25) is 5.02 Å². The average Bonchev–Trinajstić information content (AvgIpc) is 3.13. The third-order valence-corrected chi connectivity index (χ3v) is 3.84. The molecule has 1 aromatic heterocycles. The monoisotopic (exact) mass is 305 g/mol. The first-order valence-electron chi connectivity index (χ1n) is 6.92. The summed E-state index contributed by atoms with van der Waals surface area (Å²) in [6, 6.07) is 9.36. The summed E-state index contributed by atoms with van der Waals surface area (Å²) in [5, 5.41) is 7.78. The molecule has 1 amide bonds. The number of rotatable bonds is 4. The van der Waals surface area contributed by atoms with Crippen LogP contribution >= 0.6 is 11.6 Å². The first-order valence-corrected chi connectivity index (χ1v) is 7.29. The van der Waals surface area contributed by atoms with Gasteiger partial charge in [-0.2, -0.15) is 5.10 Å². The zero-order chi connectivity index (χ0) is 14.7. The molecule has 1 aliphatic heterocycles. The van der Waals surface area contributed by atoms with Crippen molar-refractivity contribution in [3.8, 4) is 0 Å². The summed E-state index contributed by atoms with van der Waals surface area (Å²) in [5.74, 6) is 0.531. The van der Waals surface area contributed by atoms with Crippen molar-refractivity contribution in [2.45, 2.75) is 25.5 Å². The van der Waals surface area contributed by atoms with Gasteiger partial charge in [-0.05, 0) is 24.5 Å². The first kappa shape index (κ1) is 14.1. The number of anilines is 1. The van der Waals surface area contributed by atoms with E-state index >= 15 is 0 Å². The molecule has 0 radical (unpaired) electrons. The van der Waals surface area contributed by atoms with E-state index in [1.54, 1.807) is 16.9 Å². The standard InChI is InChI=1S/C15H16ClN3O2/c16-12-5-2-1-4-11(12)10-19-14(7-8-17-19)18-15(20)13-6-3-9-21-13/h1-2,4-5,7-8,13H,3,6,9-10H2,(H,18,20)/t13-/m1/s1. The van der Waals surface area contributed by atoms with E-state index in [9.17, 15) is 4.79 Å². The lowest BCUT2D eigenvalue weighted by Crippen LogP contribution is -2.28. The zero-order valence-corrected chi connectivity index (χ0v) is 12.2. The highest BCUT2D eigenvalue weighted by Crippen LogP contribution is 2.19. The second kappa shape index (κ2) is 6.28. The van der Waals surface area contributed by atoms with Crippen molar-refractivity contribution in [3.05, 3.63) is 47.1 Å². The summed E-state index contributed by atoms with van der Waals surface area (Å²) < 4.78 is 7.09. The number of carbonyl (C=O) groups excluding carboxylic acids is 1. The quantitative estimate of drug-likeness (QED) is 0.945. The molecule has 1 fully saturated rings. The fraction of sp³-hybridized carbons (Fsp3) is 0.333. The van der Waals surface area contributed by atoms with Crippen molar-refractivity contribution in [3.63, 3.8) is 0 Å². The Bertz CT molecular complexity index is 635. The molecule has 1 atom stereocenters. The molecule has 1 N–H and O–H groups in total. The highest BCUT2D eigenvalue weighted by Gasteiger charge is 2.24. The van der Waals surface area contributed by atoms with Gasteiger partial charge in [-0.3, -0.25) is 4.79 Å². The van der Waals surface area contributed by atoms with Crippen molar-refractivity contribution < 1.29 is 9.53 Å². The molecule has 5 nitrogen and oxygen atoms in total. The number of nitrogens with zero attached hydrogens (tertiary/aromatic N) is 2. The van der Waals surface area contributed by atoms with Crippen LogP contribution in [0.15, 0.2) is 36.5 Å². The van der Waals surface area contributed by atoms with Gasteiger partial charge in [-0.25, -0.2) is 4.68 Å². The molecule has 1 saturated heterocycles. The van der Waals surface area contributed by atoms with Crippen LogP contribution in [0, 0.1) is 0 Å². The predicted molar refractivity (Wildman–Crippen MR) is 80.4 cm³/mol. The average molecular weight is 306 g/mol. The molecule has 21 heavy (non-hydrogen) atoms. The van der Waals surface area contributed by atoms with E-state index in [-0.39, 0.29) is 12.0 Å². The van der Waals surface area contributed by atoms with E-state index in [1.165, 1.54) is 0 Å². The highest BCUT2D eigenvalue weighted by molar-refractivity contribution is 6.31. The molecular weight excluding hydrogens is 290 g/mol. The molecule has 1 aromatic carbocycles. The van der Waals surface area contributed by atoms with Crippen LogP contribution in [0.3, 0.4) is 0 Å². The Morgan fingerprint density at radius 3 is 3.05 bits per heavy atom. The lowest BCUT2D eigenvalue weighted by molar-refractivity contribution is -0.124. The summed E-state index contributed by atoms with van der Waals surface area (Å²) in [6.07, 6.45) is 3.00. The maximum Gasteiger partial charge on any atom is 0.254 e. The molecule has 1 aliphatic rings. The molecule has 0 saturated carbocycles. The lowest BCUT2D eigenvalue weighted by Gasteiger charge is -2.12. The normalized spacial score (nSPS) is 17.9. The number of nitrogens with one attached hydrogen (secondary N) is 1. The van der Waals surface area contributed by atoms with Crippen LogP contribution in [-0.2, 0) is 16.1 Å². The maximum atomic E-state index is 12.1. The summed E-state index contributed by atoms with van der Waals surface area (Å²) in [7, 11) is 0. The van der Waals surface area contributed by atoms with Crippen LogP contribution in [0.1, 0.15) is 18.4 Å². The Kier molecular flexibility index (Phi) is 4.22. The van der Waals surface area contributed by atoms with Crippen LogP contribution < -0.4 is 5.32 Å². The van der Waals surface area contributed by atoms with E-state index in [0.717, 1.165) is 18.4 Å². The van der Waals surface area contributed by atoms with E-state index in [2.05, 4.69) is 10.4 Å². The van der Waals surface area contributed by atoms with Crippen molar-refractivity contribution >= 4 is 23.3 Å². The van der Waals surface area contributed by atoms with Crippen LogP contribution in [-0.4, -0.2) is 28.4 Å². The SMILES string of the molecule is O=C(Nc1ccnn1Cc1ccccc1Cl)[C@H]1CCCO1. The van der Waals surface area contributed by atoms with E-state index in [4.69, 9.17) is 16.3 Å². The van der Waals surface area contributed by atoms with Crippen molar-refractivity contribution in [1.82, 2.24) is 9.78 Å². The Morgan fingerprint density at radius 1 is 1.43 bits per heavy atom. The van der Waals surface area contributed by atoms with Gasteiger partial charge in [0.05, 0.1) is 12.7 Å². The molecular formula is C15H16ClN3O2. The number of hydrogen-bond donors (Lipinski definition) is 1. The number of benzene rings is 1. The van der Waals surface area contributed by atoms with Gasteiger partial charge in [0.15, 0.2) is 0 Å². The molecule has 3 rings (SSSR count). The van der Waals surface area contributed by atoms with Crippen LogP contribution in [0.4, 0.5) is 5.82 Å². The van der Waals surface area contributed by atoms with Crippen LogP contribution in [0.5, 0.6) is 0 Å². The lowest BCUT2D eigenvalue weighted by atomic mass is 10.2. The molecule has 0 spiro atoms. The summed E-state index contributed by atoms with van der Waals surface area (Å²) in [5.41, 5.74) is 0.954.